The molecular weight excluding hydrogens is 419 g/mol. The van der Waals surface area contributed by atoms with E-state index in [0.717, 1.165) is 35.1 Å². The first-order valence-corrected chi connectivity index (χ1v) is 8.89. The molecule has 0 saturated heterocycles. The molecule has 0 spiro atoms. The molecular formula is C22H29IN2. The van der Waals surface area contributed by atoms with Crippen LogP contribution in [0.4, 0.5) is 0 Å². The Morgan fingerprint density at radius 3 is 1.64 bits per heavy atom. The van der Waals surface area contributed by atoms with Crippen LogP contribution in [-0.4, -0.2) is 30.7 Å². The highest BCUT2D eigenvalue weighted by Gasteiger charge is 2.40. The zero-order chi connectivity index (χ0) is 17.6. The molecule has 0 saturated carbocycles. The normalized spacial score (nSPS) is 12.8. The van der Waals surface area contributed by atoms with E-state index in [1.807, 2.05) is 36.4 Å². The molecule has 0 fully saturated rings. The summed E-state index contributed by atoms with van der Waals surface area (Å²) in [6.45, 7) is 8.90. The fraction of sp³-hybridized carbons (Fsp3) is 0.409. The number of hydrogen-bond donors (Lipinski definition) is 0. The van der Waals surface area contributed by atoms with Crippen molar-refractivity contribution in [2.45, 2.75) is 38.6 Å². The molecule has 0 amide bonds. The quantitative estimate of drug-likeness (QED) is 0.468. The second kappa shape index (κ2) is 9.35. The summed E-state index contributed by atoms with van der Waals surface area (Å²) in [5.41, 5.74) is 1.57. The fourth-order valence-corrected chi connectivity index (χ4v) is 3.53. The highest BCUT2D eigenvalue weighted by molar-refractivity contribution is 5.45. The monoisotopic (exact) mass is 448 g/mol. The second-order valence-electron chi connectivity index (χ2n) is 6.91. The van der Waals surface area contributed by atoms with Crippen molar-refractivity contribution < 1.29 is 28.5 Å². The Labute approximate surface area is 170 Å². The third-order valence-electron chi connectivity index (χ3n) is 5.83. The van der Waals surface area contributed by atoms with Gasteiger partial charge in [-0.05, 0) is 31.9 Å². The molecule has 1 atom stereocenters. The van der Waals surface area contributed by atoms with Crippen LogP contribution in [-0.2, 0) is 5.41 Å². The van der Waals surface area contributed by atoms with Gasteiger partial charge in [0.15, 0.2) is 0 Å². The van der Waals surface area contributed by atoms with Crippen molar-refractivity contribution in [2.75, 3.05) is 20.1 Å². The lowest BCUT2D eigenvalue weighted by atomic mass is 9.71. The highest BCUT2D eigenvalue weighted by Crippen LogP contribution is 2.38. The number of rotatable bonds is 7. The van der Waals surface area contributed by atoms with Crippen molar-refractivity contribution in [1.82, 2.24) is 0 Å². The van der Waals surface area contributed by atoms with Crippen LogP contribution in [0.3, 0.4) is 0 Å². The van der Waals surface area contributed by atoms with Crippen LogP contribution < -0.4 is 24.0 Å². The predicted molar refractivity (Wildman–Crippen MR) is 101 cm³/mol. The Morgan fingerprint density at radius 1 is 0.920 bits per heavy atom. The lowest BCUT2D eigenvalue weighted by Gasteiger charge is -2.42. The summed E-state index contributed by atoms with van der Waals surface area (Å²) < 4.78 is 0.975. The molecule has 0 bridgehead atoms. The second-order valence-corrected chi connectivity index (χ2v) is 6.91. The SMILES string of the molecule is CC[N+](C)(CC)C(C)CC(C#N)(c1ccccc1)c1ccccc1.[I-]. The van der Waals surface area contributed by atoms with Gasteiger partial charge in [0.2, 0.25) is 0 Å². The third-order valence-corrected chi connectivity index (χ3v) is 5.83. The summed E-state index contributed by atoms with van der Waals surface area (Å²) >= 11 is 0. The van der Waals surface area contributed by atoms with Crippen molar-refractivity contribution in [3.8, 4) is 6.07 Å². The Bertz CT molecular complexity index is 633. The molecule has 2 nitrogen and oxygen atoms in total. The van der Waals surface area contributed by atoms with Crippen LogP contribution >= 0.6 is 0 Å². The van der Waals surface area contributed by atoms with Gasteiger partial charge in [-0.1, -0.05) is 60.7 Å². The van der Waals surface area contributed by atoms with Crippen molar-refractivity contribution >= 4 is 0 Å². The van der Waals surface area contributed by atoms with Gasteiger partial charge in [0.25, 0.3) is 0 Å². The molecule has 0 aliphatic heterocycles. The zero-order valence-corrected chi connectivity index (χ0v) is 17.9. The molecule has 0 N–H and O–H groups in total. The molecule has 3 heteroatoms. The molecule has 2 rings (SSSR count). The Hall–Kier alpha value is -1.38. The summed E-state index contributed by atoms with van der Waals surface area (Å²) in [7, 11) is 2.29. The minimum atomic E-state index is -0.605. The first kappa shape index (κ1) is 21.7. The highest BCUT2D eigenvalue weighted by atomic mass is 127. The molecule has 2 aromatic rings. The molecule has 0 heterocycles. The summed E-state index contributed by atoms with van der Waals surface area (Å²) in [5, 5.41) is 10.3. The number of benzene rings is 2. The number of hydrogen-bond acceptors (Lipinski definition) is 1. The average Bonchev–Trinajstić information content (AvgIpc) is 2.66. The largest absolute Gasteiger partial charge is 1.00 e. The van der Waals surface area contributed by atoms with E-state index in [1.54, 1.807) is 0 Å². The average molecular weight is 448 g/mol. The summed E-state index contributed by atoms with van der Waals surface area (Å²) in [4.78, 5) is 0. The van der Waals surface area contributed by atoms with E-state index in [1.165, 1.54) is 0 Å². The van der Waals surface area contributed by atoms with Gasteiger partial charge in [-0.2, -0.15) is 5.26 Å². The van der Waals surface area contributed by atoms with Crippen molar-refractivity contribution in [3.05, 3.63) is 71.8 Å². The van der Waals surface area contributed by atoms with Gasteiger partial charge < -0.3 is 28.5 Å². The van der Waals surface area contributed by atoms with Crippen LogP contribution in [0, 0.1) is 11.3 Å². The molecule has 1 unspecified atom stereocenters. The molecule has 2 aromatic carbocycles. The van der Waals surface area contributed by atoms with Crippen LogP contribution in [0.2, 0.25) is 0 Å². The van der Waals surface area contributed by atoms with E-state index >= 15 is 0 Å². The van der Waals surface area contributed by atoms with Crippen molar-refractivity contribution in [1.29, 1.82) is 5.26 Å². The first-order chi connectivity index (χ1) is 11.5. The van der Waals surface area contributed by atoms with E-state index in [4.69, 9.17) is 0 Å². The van der Waals surface area contributed by atoms with Crippen molar-refractivity contribution in [2.24, 2.45) is 0 Å². The van der Waals surface area contributed by atoms with Gasteiger partial charge in [0.05, 0.1) is 32.2 Å². The Kier molecular flexibility index (Phi) is 8.11. The zero-order valence-electron chi connectivity index (χ0n) is 15.7. The smallest absolute Gasteiger partial charge is 0.113 e. The standard InChI is InChI=1S/C22H29N2.HI/c1-5-24(4,6-2)19(3)17-22(18-23,20-13-9-7-10-14-20)21-15-11-8-12-16-21;/h7-16,19H,5-6,17H2,1-4H3;1H/q+1;/p-1. The minimum Gasteiger partial charge on any atom is -1.00 e. The molecule has 0 aromatic heterocycles. The van der Waals surface area contributed by atoms with Crippen LogP contribution in [0.5, 0.6) is 0 Å². The van der Waals surface area contributed by atoms with Gasteiger partial charge >= 0.3 is 0 Å². The minimum absolute atomic E-state index is 0. The maximum absolute atomic E-state index is 10.3. The summed E-state index contributed by atoms with van der Waals surface area (Å²) in [5.74, 6) is 0. The Balaban J connectivity index is 0.00000312. The van der Waals surface area contributed by atoms with Crippen LogP contribution in [0.1, 0.15) is 38.3 Å². The molecule has 0 aliphatic carbocycles. The predicted octanol–water partition coefficient (Wildman–Crippen LogP) is 1.77. The fourth-order valence-electron chi connectivity index (χ4n) is 3.53. The number of quaternary nitrogens is 1. The molecule has 134 valence electrons. The van der Waals surface area contributed by atoms with E-state index in [-0.39, 0.29) is 24.0 Å². The van der Waals surface area contributed by atoms with Gasteiger partial charge in [-0.15, -0.1) is 0 Å². The van der Waals surface area contributed by atoms with Gasteiger partial charge in [0, 0.05) is 6.42 Å². The van der Waals surface area contributed by atoms with E-state index in [0.29, 0.717) is 6.04 Å². The first-order valence-electron chi connectivity index (χ1n) is 8.89. The van der Waals surface area contributed by atoms with Crippen molar-refractivity contribution in [3.63, 3.8) is 0 Å². The summed E-state index contributed by atoms with van der Waals surface area (Å²) in [6.07, 6.45) is 0.815. The van der Waals surface area contributed by atoms with Crippen LogP contribution in [0.25, 0.3) is 0 Å². The number of nitrogens with zero attached hydrogens (tertiary/aromatic N) is 2. The molecule has 0 aliphatic rings. The van der Waals surface area contributed by atoms with E-state index < -0.39 is 5.41 Å². The van der Waals surface area contributed by atoms with E-state index in [9.17, 15) is 5.26 Å². The number of halogens is 1. The maximum atomic E-state index is 10.3. The topological polar surface area (TPSA) is 23.8 Å². The maximum Gasteiger partial charge on any atom is 0.113 e. The van der Waals surface area contributed by atoms with Gasteiger partial charge in [-0.25, -0.2) is 0 Å². The Morgan fingerprint density at radius 2 is 1.32 bits per heavy atom. The summed E-state index contributed by atoms with van der Waals surface area (Å²) in [6, 6.07) is 23.6. The van der Waals surface area contributed by atoms with Gasteiger partial charge in [0.1, 0.15) is 5.41 Å². The third kappa shape index (κ3) is 4.43. The lowest BCUT2D eigenvalue weighted by molar-refractivity contribution is -0.929. The molecule has 0 radical (unpaired) electrons. The van der Waals surface area contributed by atoms with Crippen LogP contribution in [0.15, 0.2) is 60.7 Å². The lowest BCUT2D eigenvalue weighted by Crippen LogP contribution is -3.00. The molecule has 25 heavy (non-hydrogen) atoms. The van der Waals surface area contributed by atoms with E-state index in [2.05, 4.69) is 58.2 Å². The van der Waals surface area contributed by atoms with Gasteiger partial charge in [-0.3, -0.25) is 0 Å². The number of nitriles is 1.